The molecule has 1 atom stereocenters. The van der Waals surface area contributed by atoms with E-state index in [0.717, 1.165) is 16.8 Å². The van der Waals surface area contributed by atoms with Gasteiger partial charge >= 0.3 is 0 Å². The zero-order valence-corrected chi connectivity index (χ0v) is 12.4. The zero-order chi connectivity index (χ0) is 14.6. The molecule has 1 amide bonds. The number of carbonyl (C=O) groups is 1. The van der Waals surface area contributed by atoms with Crippen LogP contribution in [0.5, 0.6) is 5.75 Å². The number of aliphatic hydroxyl groups is 1. The van der Waals surface area contributed by atoms with Gasteiger partial charge in [0.2, 0.25) is 5.91 Å². The van der Waals surface area contributed by atoms with E-state index in [2.05, 4.69) is 0 Å². The Morgan fingerprint density at radius 2 is 2.05 bits per heavy atom. The van der Waals surface area contributed by atoms with E-state index in [1.165, 1.54) is 0 Å². The fourth-order valence-electron chi connectivity index (χ4n) is 2.22. The lowest BCUT2D eigenvalue weighted by molar-refractivity contribution is -0.123. The third-order valence-electron chi connectivity index (χ3n) is 3.36. The molecule has 1 rings (SSSR count). The number of aryl methyl sites for hydroxylation is 2. The standard InChI is InChI=1S/C15H23NO3/c1-6-12(9-17)15(18)16(4)13-8-10(2)7-11(3)14(13)19-5/h7-8,12,17H,6,9H2,1-5H3. The highest BCUT2D eigenvalue weighted by molar-refractivity contribution is 5.96. The van der Waals surface area contributed by atoms with E-state index in [4.69, 9.17) is 4.74 Å². The summed E-state index contributed by atoms with van der Waals surface area (Å²) < 4.78 is 5.39. The van der Waals surface area contributed by atoms with Gasteiger partial charge in [-0.2, -0.15) is 0 Å². The van der Waals surface area contributed by atoms with Crippen LogP contribution in [0.2, 0.25) is 0 Å². The molecule has 1 unspecified atom stereocenters. The van der Waals surface area contributed by atoms with E-state index in [1.54, 1.807) is 19.1 Å². The van der Waals surface area contributed by atoms with Crippen molar-refractivity contribution in [3.05, 3.63) is 23.3 Å². The van der Waals surface area contributed by atoms with Crippen molar-refractivity contribution >= 4 is 11.6 Å². The lowest BCUT2D eigenvalue weighted by atomic mass is 10.0. The molecule has 0 aliphatic rings. The first-order chi connectivity index (χ1) is 8.96. The van der Waals surface area contributed by atoms with Crippen molar-refractivity contribution in [3.63, 3.8) is 0 Å². The first-order valence-electron chi connectivity index (χ1n) is 6.49. The van der Waals surface area contributed by atoms with E-state index in [0.29, 0.717) is 12.2 Å². The largest absolute Gasteiger partial charge is 0.494 e. The van der Waals surface area contributed by atoms with Crippen LogP contribution in [0.25, 0.3) is 0 Å². The SMILES string of the molecule is CCC(CO)C(=O)N(C)c1cc(C)cc(C)c1OC. The molecule has 0 aromatic heterocycles. The third-order valence-corrected chi connectivity index (χ3v) is 3.36. The molecule has 106 valence electrons. The Hall–Kier alpha value is -1.55. The van der Waals surface area contributed by atoms with Crippen LogP contribution in [0.3, 0.4) is 0 Å². The molecule has 4 heteroatoms. The summed E-state index contributed by atoms with van der Waals surface area (Å²) in [4.78, 5) is 13.9. The first kappa shape index (κ1) is 15.5. The van der Waals surface area contributed by atoms with E-state index in [9.17, 15) is 9.90 Å². The van der Waals surface area contributed by atoms with Crippen molar-refractivity contribution in [1.82, 2.24) is 0 Å². The van der Waals surface area contributed by atoms with Crippen LogP contribution in [-0.4, -0.2) is 31.8 Å². The maximum absolute atomic E-state index is 12.3. The van der Waals surface area contributed by atoms with Crippen molar-refractivity contribution in [3.8, 4) is 5.75 Å². The molecular weight excluding hydrogens is 242 g/mol. The van der Waals surface area contributed by atoms with Crippen LogP contribution in [0.1, 0.15) is 24.5 Å². The molecule has 0 aliphatic carbocycles. The number of hydrogen-bond acceptors (Lipinski definition) is 3. The van der Waals surface area contributed by atoms with Gasteiger partial charge in [-0.05, 0) is 37.5 Å². The molecule has 0 radical (unpaired) electrons. The van der Waals surface area contributed by atoms with Gasteiger partial charge < -0.3 is 14.7 Å². The molecule has 4 nitrogen and oxygen atoms in total. The molecular formula is C15H23NO3. The minimum atomic E-state index is -0.365. The summed E-state index contributed by atoms with van der Waals surface area (Å²) in [7, 11) is 3.32. The molecule has 0 bridgehead atoms. The monoisotopic (exact) mass is 265 g/mol. The smallest absolute Gasteiger partial charge is 0.232 e. The number of nitrogens with zero attached hydrogens (tertiary/aromatic N) is 1. The number of ether oxygens (including phenoxy) is 1. The van der Waals surface area contributed by atoms with E-state index < -0.39 is 0 Å². The third kappa shape index (κ3) is 3.26. The van der Waals surface area contributed by atoms with Gasteiger partial charge in [0.1, 0.15) is 5.75 Å². The van der Waals surface area contributed by atoms with Crippen LogP contribution in [-0.2, 0) is 4.79 Å². The molecule has 0 heterocycles. The minimum Gasteiger partial charge on any atom is -0.494 e. The maximum Gasteiger partial charge on any atom is 0.232 e. The normalized spacial score (nSPS) is 12.1. The molecule has 1 aromatic rings. The number of hydrogen-bond donors (Lipinski definition) is 1. The van der Waals surface area contributed by atoms with Gasteiger partial charge in [-0.1, -0.05) is 13.0 Å². The van der Waals surface area contributed by atoms with Gasteiger partial charge in [0.05, 0.1) is 25.3 Å². The van der Waals surface area contributed by atoms with Crippen LogP contribution >= 0.6 is 0 Å². The summed E-state index contributed by atoms with van der Waals surface area (Å²) in [6.07, 6.45) is 0.618. The number of anilines is 1. The molecule has 0 aliphatic heterocycles. The van der Waals surface area contributed by atoms with Gasteiger partial charge in [0.25, 0.3) is 0 Å². The Bertz CT molecular complexity index is 453. The van der Waals surface area contributed by atoms with Crippen molar-refractivity contribution in [1.29, 1.82) is 0 Å². The van der Waals surface area contributed by atoms with Crippen LogP contribution in [0, 0.1) is 19.8 Å². The van der Waals surface area contributed by atoms with Crippen molar-refractivity contribution in [2.75, 3.05) is 25.7 Å². The Morgan fingerprint density at radius 3 is 2.53 bits per heavy atom. The first-order valence-corrected chi connectivity index (χ1v) is 6.49. The molecule has 1 aromatic carbocycles. The van der Waals surface area contributed by atoms with Gasteiger partial charge in [-0.15, -0.1) is 0 Å². The lowest BCUT2D eigenvalue weighted by Crippen LogP contribution is -2.34. The predicted octanol–water partition coefficient (Wildman–Crippen LogP) is 2.29. The average molecular weight is 265 g/mol. The van der Waals surface area contributed by atoms with Crippen molar-refractivity contribution in [2.24, 2.45) is 5.92 Å². The topological polar surface area (TPSA) is 49.8 Å². The summed E-state index contributed by atoms with van der Waals surface area (Å²) in [6, 6.07) is 3.94. The Balaban J connectivity index is 3.18. The molecule has 19 heavy (non-hydrogen) atoms. The maximum atomic E-state index is 12.3. The molecule has 0 fully saturated rings. The number of methoxy groups -OCH3 is 1. The Kier molecular flexibility index (Phi) is 5.36. The Labute approximate surface area is 115 Å². The van der Waals surface area contributed by atoms with E-state index >= 15 is 0 Å². The van der Waals surface area contributed by atoms with Crippen LogP contribution in [0.15, 0.2) is 12.1 Å². The van der Waals surface area contributed by atoms with Gasteiger partial charge in [-0.25, -0.2) is 0 Å². The molecule has 0 saturated heterocycles. The van der Waals surface area contributed by atoms with E-state index in [-0.39, 0.29) is 18.4 Å². The summed E-state index contributed by atoms with van der Waals surface area (Å²) in [5.74, 6) is 0.248. The summed E-state index contributed by atoms with van der Waals surface area (Å²) in [5.41, 5.74) is 2.82. The number of benzene rings is 1. The summed E-state index contributed by atoms with van der Waals surface area (Å²) in [5, 5.41) is 9.25. The van der Waals surface area contributed by atoms with Gasteiger partial charge in [-0.3, -0.25) is 4.79 Å². The van der Waals surface area contributed by atoms with Crippen molar-refractivity contribution in [2.45, 2.75) is 27.2 Å². The molecule has 1 N–H and O–H groups in total. The summed E-state index contributed by atoms with van der Waals surface area (Å²) in [6.45, 7) is 5.70. The van der Waals surface area contributed by atoms with Crippen LogP contribution < -0.4 is 9.64 Å². The zero-order valence-electron chi connectivity index (χ0n) is 12.4. The number of carbonyl (C=O) groups excluding carboxylic acids is 1. The number of aliphatic hydroxyl groups excluding tert-OH is 1. The number of amides is 1. The second kappa shape index (κ2) is 6.57. The van der Waals surface area contributed by atoms with Crippen molar-refractivity contribution < 1.29 is 14.6 Å². The molecule has 0 spiro atoms. The van der Waals surface area contributed by atoms with Gasteiger partial charge in [0, 0.05) is 7.05 Å². The molecule has 0 saturated carbocycles. The Morgan fingerprint density at radius 1 is 1.42 bits per heavy atom. The van der Waals surface area contributed by atoms with Crippen LogP contribution in [0.4, 0.5) is 5.69 Å². The highest BCUT2D eigenvalue weighted by Gasteiger charge is 2.23. The average Bonchev–Trinajstić information content (AvgIpc) is 2.38. The fourth-order valence-corrected chi connectivity index (χ4v) is 2.22. The minimum absolute atomic E-state index is 0.0895. The number of rotatable bonds is 5. The second-order valence-electron chi connectivity index (χ2n) is 4.82. The highest BCUT2D eigenvalue weighted by atomic mass is 16.5. The second-order valence-corrected chi connectivity index (χ2v) is 4.82. The quantitative estimate of drug-likeness (QED) is 0.888. The van der Waals surface area contributed by atoms with E-state index in [1.807, 2.05) is 32.9 Å². The predicted molar refractivity (Wildman–Crippen MR) is 76.7 cm³/mol. The summed E-state index contributed by atoms with van der Waals surface area (Å²) >= 11 is 0. The highest BCUT2D eigenvalue weighted by Crippen LogP contribution is 2.33. The van der Waals surface area contributed by atoms with Gasteiger partial charge in [0.15, 0.2) is 0 Å². The fraction of sp³-hybridized carbons (Fsp3) is 0.533. The lowest BCUT2D eigenvalue weighted by Gasteiger charge is -2.25.